The van der Waals surface area contributed by atoms with Crippen molar-refractivity contribution < 1.29 is 9.47 Å². The molecule has 1 fully saturated rings. The number of ether oxygens (including phenoxy) is 2. The fourth-order valence-corrected chi connectivity index (χ4v) is 2.85. The molecule has 146 valence electrons. The number of guanidine groups is 1. The minimum atomic E-state index is 0.293. The van der Waals surface area contributed by atoms with Crippen LogP contribution in [-0.4, -0.2) is 60.0 Å². The number of nitrogens with one attached hydrogen (secondary N) is 2. The van der Waals surface area contributed by atoms with Crippen LogP contribution >= 0.6 is 0 Å². The largest absolute Gasteiger partial charge is 0.379 e. The van der Waals surface area contributed by atoms with E-state index in [2.05, 4.69) is 25.6 Å². The zero-order valence-corrected chi connectivity index (χ0v) is 15.8. The van der Waals surface area contributed by atoms with Gasteiger partial charge in [-0.05, 0) is 30.9 Å². The molecule has 1 aliphatic rings. The summed E-state index contributed by atoms with van der Waals surface area (Å²) in [6, 6.07) is 4.02. The topological polar surface area (TPSA) is 85.6 Å². The van der Waals surface area contributed by atoms with Gasteiger partial charge in [-0.1, -0.05) is 6.07 Å². The predicted octanol–water partition coefficient (Wildman–Crippen LogP) is 1.52. The Kier molecular flexibility index (Phi) is 7.61. The minimum Gasteiger partial charge on any atom is -0.379 e. The summed E-state index contributed by atoms with van der Waals surface area (Å²) in [5.41, 5.74) is 1.08. The molecule has 1 atom stereocenters. The lowest BCUT2D eigenvalue weighted by molar-refractivity contribution is 0.0168. The molecule has 1 unspecified atom stereocenters. The molecule has 2 aromatic heterocycles. The first kappa shape index (κ1) is 19.3. The van der Waals surface area contributed by atoms with Crippen LogP contribution in [-0.2, 0) is 16.0 Å². The molecule has 1 saturated heterocycles. The van der Waals surface area contributed by atoms with E-state index < -0.39 is 0 Å². The van der Waals surface area contributed by atoms with Gasteiger partial charge in [0.15, 0.2) is 5.96 Å². The molecule has 1 aliphatic heterocycles. The number of hydrogen-bond donors (Lipinski definition) is 2. The third kappa shape index (κ3) is 6.33. The summed E-state index contributed by atoms with van der Waals surface area (Å²) in [6.07, 6.45) is 10.7. The van der Waals surface area contributed by atoms with Crippen LogP contribution in [0.4, 0.5) is 0 Å². The molecule has 0 aromatic carbocycles. The van der Waals surface area contributed by atoms with E-state index in [9.17, 15) is 0 Å². The first-order valence-electron chi connectivity index (χ1n) is 9.42. The number of nitrogens with zero attached hydrogens (tertiary/aromatic N) is 4. The molecule has 0 saturated carbocycles. The highest BCUT2D eigenvalue weighted by Crippen LogP contribution is 2.11. The van der Waals surface area contributed by atoms with E-state index in [4.69, 9.17) is 9.47 Å². The van der Waals surface area contributed by atoms with Gasteiger partial charge < -0.3 is 20.1 Å². The Morgan fingerprint density at radius 1 is 1.41 bits per heavy atom. The fourth-order valence-electron chi connectivity index (χ4n) is 2.85. The normalized spacial score (nSPS) is 17.2. The van der Waals surface area contributed by atoms with Gasteiger partial charge in [-0.2, -0.15) is 0 Å². The van der Waals surface area contributed by atoms with Gasteiger partial charge in [0.1, 0.15) is 12.1 Å². The van der Waals surface area contributed by atoms with E-state index >= 15 is 0 Å². The Bertz CT molecular complexity index is 681. The van der Waals surface area contributed by atoms with Crippen LogP contribution in [0, 0.1) is 0 Å². The molecule has 3 heterocycles. The van der Waals surface area contributed by atoms with Crippen LogP contribution in [0.25, 0.3) is 5.82 Å². The van der Waals surface area contributed by atoms with Gasteiger partial charge >= 0.3 is 0 Å². The molecular formula is C19H28N6O2. The molecule has 27 heavy (non-hydrogen) atoms. The summed E-state index contributed by atoms with van der Waals surface area (Å²) in [5.74, 6) is 1.62. The summed E-state index contributed by atoms with van der Waals surface area (Å²) < 4.78 is 13.1. The van der Waals surface area contributed by atoms with E-state index in [1.807, 2.05) is 29.1 Å². The first-order valence-corrected chi connectivity index (χ1v) is 9.42. The van der Waals surface area contributed by atoms with Crippen molar-refractivity contribution in [2.24, 2.45) is 4.99 Å². The first-order chi connectivity index (χ1) is 13.3. The van der Waals surface area contributed by atoms with Crippen molar-refractivity contribution in [3.05, 3.63) is 42.6 Å². The van der Waals surface area contributed by atoms with Crippen LogP contribution in [0.15, 0.2) is 42.0 Å². The quantitative estimate of drug-likeness (QED) is 0.394. The van der Waals surface area contributed by atoms with Crippen molar-refractivity contribution in [3.8, 4) is 5.82 Å². The van der Waals surface area contributed by atoms with Crippen molar-refractivity contribution in [2.75, 3.05) is 33.4 Å². The van der Waals surface area contributed by atoms with Gasteiger partial charge in [-0.15, -0.1) is 0 Å². The number of aliphatic imine (C=N–C) groups is 1. The highest BCUT2D eigenvalue weighted by Gasteiger charge is 2.14. The maximum atomic E-state index is 5.66. The zero-order valence-electron chi connectivity index (χ0n) is 15.8. The molecule has 8 heteroatoms. The van der Waals surface area contributed by atoms with Crippen LogP contribution in [0.2, 0.25) is 0 Å². The fraction of sp³-hybridized carbons (Fsp3) is 0.526. The number of pyridine rings is 1. The molecule has 0 radical (unpaired) electrons. The van der Waals surface area contributed by atoms with E-state index in [1.165, 1.54) is 0 Å². The Hall–Kier alpha value is -2.45. The van der Waals surface area contributed by atoms with E-state index in [0.29, 0.717) is 19.3 Å². The minimum absolute atomic E-state index is 0.293. The average Bonchev–Trinajstić information content (AvgIpc) is 3.41. The lowest BCUT2D eigenvalue weighted by Crippen LogP contribution is -2.37. The number of aromatic nitrogens is 3. The predicted molar refractivity (Wildman–Crippen MR) is 104 cm³/mol. The van der Waals surface area contributed by atoms with Crippen LogP contribution < -0.4 is 10.6 Å². The Balaban J connectivity index is 1.30. The maximum absolute atomic E-state index is 5.66. The molecular weight excluding hydrogens is 344 g/mol. The van der Waals surface area contributed by atoms with Crippen molar-refractivity contribution in [1.82, 2.24) is 25.2 Å². The maximum Gasteiger partial charge on any atom is 0.191 e. The molecule has 2 N–H and O–H groups in total. The standard InChI is InChI=1S/C19H28N6O2/c1-20-19(22-7-3-10-26-14-17-4-2-11-27-17)24-13-16-5-6-18(23-12-16)25-9-8-21-15-25/h5-6,8-9,12,15,17H,2-4,7,10-11,13-14H2,1H3,(H2,20,22,24). The highest BCUT2D eigenvalue weighted by molar-refractivity contribution is 5.79. The monoisotopic (exact) mass is 372 g/mol. The average molecular weight is 372 g/mol. The molecule has 2 aromatic rings. The summed E-state index contributed by atoms with van der Waals surface area (Å²) in [5, 5.41) is 6.59. The van der Waals surface area contributed by atoms with E-state index in [0.717, 1.165) is 56.4 Å². The lowest BCUT2D eigenvalue weighted by Gasteiger charge is -2.13. The van der Waals surface area contributed by atoms with Gasteiger partial charge in [-0.25, -0.2) is 9.97 Å². The lowest BCUT2D eigenvalue weighted by atomic mass is 10.2. The van der Waals surface area contributed by atoms with Crippen molar-refractivity contribution in [1.29, 1.82) is 0 Å². The second-order valence-electron chi connectivity index (χ2n) is 6.41. The van der Waals surface area contributed by atoms with E-state index in [1.54, 1.807) is 19.6 Å². The Morgan fingerprint density at radius 3 is 3.07 bits per heavy atom. The van der Waals surface area contributed by atoms with Gasteiger partial charge in [0.25, 0.3) is 0 Å². The molecule has 0 bridgehead atoms. The number of hydrogen-bond acceptors (Lipinski definition) is 5. The number of imidazole rings is 1. The smallest absolute Gasteiger partial charge is 0.191 e. The molecule has 0 aliphatic carbocycles. The number of rotatable bonds is 9. The van der Waals surface area contributed by atoms with Gasteiger partial charge in [0.05, 0.1) is 12.7 Å². The summed E-state index contributed by atoms with van der Waals surface area (Å²) in [4.78, 5) is 12.7. The highest BCUT2D eigenvalue weighted by atomic mass is 16.5. The van der Waals surface area contributed by atoms with Gasteiger partial charge in [0, 0.05) is 51.9 Å². The second kappa shape index (κ2) is 10.6. The van der Waals surface area contributed by atoms with Crippen LogP contribution in [0.1, 0.15) is 24.8 Å². The molecule has 0 spiro atoms. The van der Waals surface area contributed by atoms with E-state index in [-0.39, 0.29) is 0 Å². The van der Waals surface area contributed by atoms with Crippen molar-refractivity contribution in [2.45, 2.75) is 31.9 Å². The van der Waals surface area contributed by atoms with Crippen molar-refractivity contribution >= 4 is 5.96 Å². The molecule has 3 rings (SSSR count). The van der Waals surface area contributed by atoms with Gasteiger partial charge in [0.2, 0.25) is 0 Å². The second-order valence-corrected chi connectivity index (χ2v) is 6.41. The summed E-state index contributed by atoms with van der Waals surface area (Å²) in [6.45, 7) is 3.77. The van der Waals surface area contributed by atoms with Crippen molar-refractivity contribution in [3.63, 3.8) is 0 Å². The van der Waals surface area contributed by atoms with Crippen LogP contribution in [0.5, 0.6) is 0 Å². The summed E-state index contributed by atoms with van der Waals surface area (Å²) >= 11 is 0. The SMILES string of the molecule is CN=C(NCCCOCC1CCCO1)NCc1ccc(-n2ccnc2)nc1. The van der Waals surface area contributed by atoms with Gasteiger partial charge in [-0.3, -0.25) is 9.56 Å². The summed E-state index contributed by atoms with van der Waals surface area (Å²) in [7, 11) is 1.77. The molecule has 0 amide bonds. The third-order valence-corrected chi connectivity index (χ3v) is 4.35. The Morgan fingerprint density at radius 2 is 2.37 bits per heavy atom. The zero-order chi connectivity index (χ0) is 18.7. The molecule has 8 nitrogen and oxygen atoms in total. The Labute approximate surface area is 160 Å². The third-order valence-electron chi connectivity index (χ3n) is 4.35. The van der Waals surface area contributed by atoms with Crippen LogP contribution in [0.3, 0.4) is 0 Å².